The molecular formula is C11H23N3O2. The lowest BCUT2D eigenvalue weighted by atomic mass is 9.99. The zero-order valence-corrected chi connectivity index (χ0v) is 10.2. The van der Waals surface area contributed by atoms with Crippen molar-refractivity contribution < 1.29 is 9.53 Å². The summed E-state index contributed by atoms with van der Waals surface area (Å²) in [6.45, 7) is 5.42. The molecule has 0 bridgehead atoms. The SMILES string of the molecule is CC(CN(C)CC1CCOCC1)C(=O)NN. The van der Waals surface area contributed by atoms with Gasteiger partial charge in [0.25, 0.3) is 0 Å². The monoisotopic (exact) mass is 229 g/mol. The minimum absolute atomic E-state index is 0.0603. The van der Waals surface area contributed by atoms with Crippen LogP contribution in [0, 0.1) is 11.8 Å². The van der Waals surface area contributed by atoms with E-state index < -0.39 is 0 Å². The molecule has 94 valence electrons. The number of nitrogens with two attached hydrogens (primary N) is 1. The van der Waals surface area contributed by atoms with Crippen molar-refractivity contribution in [2.75, 3.05) is 33.4 Å². The van der Waals surface area contributed by atoms with Crippen LogP contribution >= 0.6 is 0 Å². The van der Waals surface area contributed by atoms with E-state index in [2.05, 4.69) is 17.4 Å². The maximum absolute atomic E-state index is 11.3. The van der Waals surface area contributed by atoms with E-state index in [-0.39, 0.29) is 11.8 Å². The highest BCUT2D eigenvalue weighted by Crippen LogP contribution is 2.15. The standard InChI is InChI=1S/C11H23N3O2/c1-9(11(15)13-12)7-14(2)8-10-3-5-16-6-4-10/h9-10H,3-8,12H2,1-2H3,(H,13,15). The quantitative estimate of drug-likeness (QED) is 0.395. The van der Waals surface area contributed by atoms with E-state index in [4.69, 9.17) is 10.6 Å². The first kappa shape index (κ1) is 13.4. The van der Waals surface area contributed by atoms with Gasteiger partial charge in [-0.25, -0.2) is 5.84 Å². The molecule has 1 aliphatic heterocycles. The van der Waals surface area contributed by atoms with Crippen LogP contribution in [0.3, 0.4) is 0 Å². The summed E-state index contributed by atoms with van der Waals surface area (Å²) in [6, 6.07) is 0. The zero-order chi connectivity index (χ0) is 12.0. The van der Waals surface area contributed by atoms with Crippen LogP contribution in [0.2, 0.25) is 0 Å². The summed E-state index contributed by atoms with van der Waals surface area (Å²) in [4.78, 5) is 13.5. The smallest absolute Gasteiger partial charge is 0.237 e. The number of hydrogen-bond donors (Lipinski definition) is 2. The van der Waals surface area contributed by atoms with E-state index in [1.165, 1.54) is 0 Å². The van der Waals surface area contributed by atoms with Gasteiger partial charge in [0.15, 0.2) is 0 Å². The van der Waals surface area contributed by atoms with Gasteiger partial charge in [-0.15, -0.1) is 0 Å². The van der Waals surface area contributed by atoms with Crippen molar-refractivity contribution in [3.8, 4) is 0 Å². The Labute approximate surface area is 97.3 Å². The van der Waals surface area contributed by atoms with Crippen LogP contribution in [-0.2, 0) is 9.53 Å². The molecule has 1 rings (SSSR count). The molecule has 0 aromatic heterocycles. The summed E-state index contributed by atoms with van der Waals surface area (Å²) in [5.41, 5.74) is 2.19. The van der Waals surface area contributed by atoms with Crippen LogP contribution in [-0.4, -0.2) is 44.2 Å². The fraction of sp³-hybridized carbons (Fsp3) is 0.909. The predicted molar refractivity (Wildman–Crippen MR) is 62.5 cm³/mol. The van der Waals surface area contributed by atoms with Gasteiger partial charge in [0, 0.05) is 32.2 Å². The molecular weight excluding hydrogens is 206 g/mol. The summed E-state index contributed by atoms with van der Waals surface area (Å²) >= 11 is 0. The summed E-state index contributed by atoms with van der Waals surface area (Å²) in [6.07, 6.45) is 2.25. The first-order valence-corrected chi connectivity index (χ1v) is 5.90. The average molecular weight is 229 g/mol. The molecule has 5 heteroatoms. The van der Waals surface area contributed by atoms with Gasteiger partial charge < -0.3 is 9.64 Å². The number of hydrazine groups is 1. The molecule has 0 spiro atoms. The lowest BCUT2D eigenvalue weighted by Crippen LogP contribution is -2.41. The molecule has 1 atom stereocenters. The van der Waals surface area contributed by atoms with Crippen LogP contribution in [0.25, 0.3) is 0 Å². The molecule has 0 radical (unpaired) electrons. The third kappa shape index (κ3) is 4.47. The summed E-state index contributed by atoms with van der Waals surface area (Å²) in [7, 11) is 2.05. The fourth-order valence-electron chi connectivity index (χ4n) is 2.14. The maximum atomic E-state index is 11.3. The second-order valence-corrected chi connectivity index (χ2v) is 4.69. The molecule has 0 aromatic rings. The Morgan fingerprint density at radius 1 is 1.56 bits per heavy atom. The van der Waals surface area contributed by atoms with Gasteiger partial charge in [0.1, 0.15) is 0 Å². The van der Waals surface area contributed by atoms with Crippen LogP contribution in [0.1, 0.15) is 19.8 Å². The minimum atomic E-state index is -0.0983. The lowest BCUT2D eigenvalue weighted by molar-refractivity contribution is -0.125. The van der Waals surface area contributed by atoms with Crippen molar-refractivity contribution in [3.63, 3.8) is 0 Å². The third-order valence-corrected chi connectivity index (χ3v) is 3.09. The Balaban J connectivity index is 2.23. The summed E-state index contributed by atoms with van der Waals surface area (Å²) < 4.78 is 5.32. The molecule has 16 heavy (non-hydrogen) atoms. The number of nitrogens with one attached hydrogen (secondary N) is 1. The Kier molecular flexibility index (Phi) is 5.73. The van der Waals surface area contributed by atoms with Crippen molar-refractivity contribution in [1.82, 2.24) is 10.3 Å². The molecule has 1 aliphatic rings. The number of ether oxygens (including phenoxy) is 1. The first-order chi connectivity index (χ1) is 7.63. The van der Waals surface area contributed by atoms with Crippen molar-refractivity contribution in [3.05, 3.63) is 0 Å². The van der Waals surface area contributed by atoms with E-state index in [9.17, 15) is 4.79 Å². The van der Waals surface area contributed by atoms with Crippen molar-refractivity contribution in [2.45, 2.75) is 19.8 Å². The molecule has 0 aromatic carbocycles. The molecule has 1 saturated heterocycles. The van der Waals surface area contributed by atoms with Crippen molar-refractivity contribution in [2.24, 2.45) is 17.7 Å². The highest BCUT2D eigenvalue weighted by Gasteiger charge is 2.18. The molecule has 5 nitrogen and oxygen atoms in total. The minimum Gasteiger partial charge on any atom is -0.381 e. The average Bonchev–Trinajstić information content (AvgIpc) is 2.29. The van der Waals surface area contributed by atoms with Gasteiger partial charge in [0.05, 0.1) is 0 Å². The molecule has 3 N–H and O–H groups in total. The Hall–Kier alpha value is -0.650. The fourth-order valence-corrected chi connectivity index (χ4v) is 2.14. The van der Waals surface area contributed by atoms with Gasteiger partial charge in [-0.1, -0.05) is 6.92 Å². The number of carbonyl (C=O) groups excluding carboxylic acids is 1. The Bertz CT molecular complexity index is 217. The normalized spacial score (nSPS) is 19.8. The number of rotatable bonds is 5. The third-order valence-electron chi connectivity index (χ3n) is 3.09. The van der Waals surface area contributed by atoms with Gasteiger partial charge >= 0.3 is 0 Å². The number of amides is 1. The van der Waals surface area contributed by atoms with E-state index in [0.29, 0.717) is 5.92 Å². The van der Waals surface area contributed by atoms with Crippen LogP contribution < -0.4 is 11.3 Å². The van der Waals surface area contributed by atoms with Crippen molar-refractivity contribution in [1.29, 1.82) is 0 Å². The number of carbonyl (C=O) groups is 1. The van der Waals surface area contributed by atoms with Gasteiger partial charge in [-0.05, 0) is 25.8 Å². The summed E-state index contributed by atoms with van der Waals surface area (Å²) in [5, 5.41) is 0. The predicted octanol–water partition coefficient (Wildman–Crippen LogP) is -0.0292. The highest BCUT2D eigenvalue weighted by molar-refractivity contribution is 5.77. The maximum Gasteiger partial charge on any atom is 0.237 e. The molecule has 0 saturated carbocycles. The van der Waals surface area contributed by atoms with E-state index in [1.807, 2.05) is 6.92 Å². The molecule has 1 heterocycles. The Morgan fingerprint density at radius 3 is 2.75 bits per heavy atom. The summed E-state index contributed by atoms with van der Waals surface area (Å²) in [5.74, 6) is 5.64. The molecule has 1 amide bonds. The lowest BCUT2D eigenvalue weighted by Gasteiger charge is -2.28. The van der Waals surface area contributed by atoms with E-state index >= 15 is 0 Å². The number of nitrogens with zero attached hydrogens (tertiary/aromatic N) is 1. The highest BCUT2D eigenvalue weighted by atomic mass is 16.5. The molecule has 0 aliphatic carbocycles. The molecule has 1 unspecified atom stereocenters. The van der Waals surface area contributed by atoms with Gasteiger partial charge in [0.2, 0.25) is 5.91 Å². The molecule has 1 fully saturated rings. The Morgan fingerprint density at radius 2 is 2.19 bits per heavy atom. The topological polar surface area (TPSA) is 67.6 Å². The second-order valence-electron chi connectivity index (χ2n) is 4.69. The van der Waals surface area contributed by atoms with Crippen molar-refractivity contribution >= 4 is 5.91 Å². The van der Waals surface area contributed by atoms with E-state index in [1.54, 1.807) is 0 Å². The van der Waals surface area contributed by atoms with Gasteiger partial charge in [-0.3, -0.25) is 10.2 Å². The second kappa shape index (κ2) is 6.83. The van der Waals surface area contributed by atoms with Crippen LogP contribution in [0.15, 0.2) is 0 Å². The zero-order valence-electron chi connectivity index (χ0n) is 10.2. The number of hydrogen-bond acceptors (Lipinski definition) is 4. The van der Waals surface area contributed by atoms with Gasteiger partial charge in [-0.2, -0.15) is 0 Å². The van der Waals surface area contributed by atoms with Crippen LogP contribution in [0.5, 0.6) is 0 Å². The largest absolute Gasteiger partial charge is 0.381 e. The first-order valence-electron chi connectivity index (χ1n) is 5.90. The van der Waals surface area contributed by atoms with E-state index in [0.717, 1.165) is 39.1 Å². The van der Waals surface area contributed by atoms with Crippen LogP contribution in [0.4, 0.5) is 0 Å².